The number of carbonyl (C=O) groups excluding carboxylic acids is 3. The number of fused-ring (bicyclic) bond motifs is 3. The summed E-state index contributed by atoms with van der Waals surface area (Å²) in [7, 11) is 0. The van der Waals surface area contributed by atoms with Crippen LogP contribution in [0.25, 0.3) is 0 Å². The van der Waals surface area contributed by atoms with Crippen molar-refractivity contribution in [2.45, 2.75) is 77.5 Å². The fourth-order valence-corrected chi connectivity index (χ4v) is 6.63. The van der Waals surface area contributed by atoms with Gasteiger partial charge in [0.1, 0.15) is 23.9 Å². The molecule has 190 valence electrons. The quantitative estimate of drug-likeness (QED) is 0.365. The third-order valence-electron chi connectivity index (χ3n) is 9.14. The maximum Gasteiger partial charge on any atom is 0.338 e. The number of ketones is 2. The number of aliphatic hydroxyl groups is 4. The van der Waals surface area contributed by atoms with Gasteiger partial charge in [-0.15, -0.1) is 0 Å². The molecule has 3 aliphatic carbocycles. The first-order valence-electron chi connectivity index (χ1n) is 12.0. The number of aliphatic hydroxyl groups excluding tert-OH is 3. The summed E-state index contributed by atoms with van der Waals surface area (Å²) in [6.45, 7) is 8.04. The number of hydrogen-bond acceptors (Lipinski definition) is 8. The van der Waals surface area contributed by atoms with Gasteiger partial charge in [-0.3, -0.25) is 9.59 Å². The molecule has 0 aromatic heterocycles. The number of carbonyl (C=O) groups is 3. The van der Waals surface area contributed by atoms with Crippen molar-refractivity contribution in [2.75, 3.05) is 0 Å². The molecule has 35 heavy (non-hydrogen) atoms. The second-order valence-electron chi connectivity index (χ2n) is 11.1. The Kier molecular flexibility index (Phi) is 6.12. The first-order chi connectivity index (χ1) is 16.2. The van der Waals surface area contributed by atoms with Gasteiger partial charge in [0.15, 0.2) is 11.6 Å². The summed E-state index contributed by atoms with van der Waals surface area (Å²) in [6.07, 6.45) is -6.22. The third-order valence-corrected chi connectivity index (χ3v) is 9.14. The number of Topliss-reactive ketones (excluding diaryl/α,β-unsaturated/α-hetero) is 2. The van der Waals surface area contributed by atoms with Gasteiger partial charge in [-0.25, -0.2) is 4.79 Å². The lowest BCUT2D eigenvalue weighted by atomic mass is 9.46. The van der Waals surface area contributed by atoms with Crippen molar-refractivity contribution in [1.82, 2.24) is 0 Å². The molecule has 0 aliphatic heterocycles. The van der Waals surface area contributed by atoms with Crippen LogP contribution in [0.1, 0.15) is 57.8 Å². The molecular formula is C27H34O8. The van der Waals surface area contributed by atoms with E-state index in [-0.39, 0.29) is 24.0 Å². The van der Waals surface area contributed by atoms with E-state index in [0.717, 1.165) is 0 Å². The van der Waals surface area contributed by atoms with Crippen molar-refractivity contribution in [3.05, 3.63) is 47.0 Å². The van der Waals surface area contributed by atoms with E-state index in [1.807, 2.05) is 0 Å². The maximum absolute atomic E-state index is 13.9. The lowest BCUT2D eigenvalue weighted by Crippen LogP contribution is -2.72. The number of ether oxygens (including phenoxy) is 1. The molecule has 1 aromatic carbocycles. The summed E-state index contributed by atoms with van der Waals surface area (Å²) in [5, 5.41) is 45.1. The second kappa shape index (κ2) is 8.34. The van der Waals surface area contributed by atoms with Gasteiger partial charge in [0.05, 0.1) is 17.6 Å². The van der Waals surface area contributed by atoms with E-state index in [4.69, 9.17) is 4.74 Å². The molecule has 0 heterocycles. The van der Waals surface area contributed by atoms with E-state index >= 15 is 0 Å². The molecule has 4 N–H and O–H groups in total. The molecule has 0 amide bonds. The van der Waals surface area contributed by atoms with E-state index in [1.165, 1.54) is 19.1 Å². The number of esters is 1. The Morgan fingerprint density at radius 1 is 1.03 bits per heavy atom. The molecule has 2 bridgehead atoms. The summed E-state index contributed by atoms with van der Waals surface area (Å²) in [6, 6.07) is 8.06. The molecule has 1 aromatic rings. The zero-order chi connectivity index (χ0) is 26.1. The molecule has 0 saturated heterocycles. The van der Waals surface area contributed by atoms with E-state index in [2.05, 4.69) is 0 Å². The van der Waals surface area contributed by atoms with Gasteiger partial charge in [-0.2, -0.15) is 0 Å². The van der Waals surface area contributed by atoms with E-state index in [0.29, 0.717) is 5.57 Å². The third kappa shape index (κ3) is 3.45. The van der Waals surface area contributed by atoms with Crippen LogP contribution in [0.4, 0.5) is 0 Å². The molecule has 0 spiro atoms. The average molecular weight is 487 g/mol. The number of rotatable bonds is 2. The lowest BCUT2D eigenvalue weighted by Gasteiger charge is -2.60. The summed E-state index contributed by atoms with van der Waals surface area (Å²) < 4.78 is 5.92. The van der Waals surface area contributed by atoms with Gasteiger partial charge in [0.2, 0.25) is 0 Å². The Labute approximate surface area is 204 Å². The average Bonchev–Trinajstić information content (AvgIpc) is 2.80. The maximum atomic E-state index is 13.9. The zero-order valence-electron chi connectivity index (χ0n) is 20.7. The van der Waals surface area contributed by atoms with Crippen molar-refractivity contribution >= 4 is 17.5 Å². The van der Waals surface area contributed by atoms with Crippen LogP contribution >= 0.6 is 0 Å². The van der Waals surface area contributed by atoms with Gasteiger partial charge < -0.3 is 25.2 Å². The normalized spacial score (nSPS) is 41.1. The first-order valence-corrected chi connectivity index (χ1v) is 12.0. The standard InChI is InChI=1S/C27H34O8/c1-13-11-16(28)20(30)19-23(35-24(33)15-9-7-6-8-10-15)27(34)12-17(29)14(2)18(25(27,3)4)21(31)22(32)26(13,19)5/h6-10,13,16-17,19,21,23,28-29,31,34H,11-12H2,1-5H3/t13?,16-,17-,19?,21+,23-,26+,27+/m0/s1. The lowest BCUT2D eigenvalue weighted by molar-refractivity contribution is -0.216. The van der Waals surface area contributed by atoms with Crippen molar-refractivity contribution < 1.29 is 39.5 Å². The minimum absolute atomic E-state index is 0.00782. The van der Waals surface area contributed by atoms with Crippen LogP contribution in [0.2, 0.25) is 0 Å². The molecule has 4 rings (SSSR count). The predicted molar refractivity (Wildman–Crippen MR) is 125 cm³/mol. The van der Waals surface area contributed by atoms with E-state index in [1.54, 1.807) is 45.9 Å². The van der Waals surface area contributed by atoms with Gasteiger partial charge >= 0.3 is 5.97 Å². The van der Waals surface area contributed by atoms with Crippen LogP contribution in [0, 0.1) is 22.7 Å². The topological polar surface area (TPSA) is 141 Å². The molecule has 2 saturated carbocycles. The molecule has 8 nitrogen and oxygen atoms in total. The Hall–Kier alpha value is -2.39. The Balaban J connectivity index is 2.00. The van der Waals surface area contributed by atoms with Crippen molar-refractivity contribution in [3.63, 3.8) is 0 Å². The Bertz CT molecular complexity index is 1090. The largest absolute Gasteiger partial charge is 0.455 e. The van der Waals surface area contributed by atoms with Crippen LogP contribution in [-0.2, 0) is 14.3 Å². The highest BCUT2D eigenvalue weighted by molar-refractivity contribution is 6.00. The van der Waals surface area contributed by atoms with Gasteiger partial charge in [0.25, 0.3) is 0 Å². The molecule has 3 aliphatic rings. The minimum Gasteiger partial charge on any atom is -0.455 e. The van der Waals surface area contributed by atoms with Crippen molar-refractivity contribution in [3.8, 4) is 0 Å². The van der Waals surface area contributed by atoms with Crippen molar-refractivity contribution in [2.24, 2.45) is 22.7 Å². The Morgan fingerprint density at radius 3 is 2.23 bits per heavy atom. The first kappa shape index (κ1) is 25.7. The molecule has 8 atom stereocenters. The zero-order valence-corrected chi connectivity index (χ0v) is 20.7. The highest BCUT2D eigenvalue weighted by Crippen LogP contribution is 2.59. The summed E-state index contributed by atoms with van der Waals surface area (Å²) in [5.74, 6) is -4.21. The monoisotopic (exact) mass is 486 g/mol. The van der Waals surface area contributed by atoms with E-state index in [9.17, 15) is 34.8 Å². The highest BCUT2D eigenvalue weighted by atomic mass is 16.6. The fourth-order valence-electron chi connectivity index (χ4n) is 6.63. The van der Waals surface area contributed by atoms with Gasteiger partial charge in [-0.05, 0) is 42.5 Å². The summed E-state index contributed by atoms with van der Waals surface area (Å²) >= 11 is 0. The Morgan fingerprint density at radius 2 is 1.63 bits per heavy atom. The number of hydrogen-bond donors (Lipinski definition) is 4. The fraction of sp³-hybridized carbons (Fsp3) is 0.593. The van der Waals surface area contributed by atoms with Crippen molar-refractivity contribution in [1.29, 1.82) is 0 Å². The molecule has 8 heteroatoms. The molecule has 0 radical (unpaired) electrons. The predicted octanol–water partition coefficient (Wildman–Crippen LogP) is 1.59. The van der Waals surface area contributed by atoms with Gasteiger partial charge in [-0.1, -0.05) is 45.9 Å². The molecule has 2 fully saturated rings. The molecule has 2 unspecified atom stereocenters. The summed E-state index contributed by atoms with van der Waals surface area (Å²) in [4.78, 5) is 40.7. The van der Waals surface area contributed by atoms with Gasteiger partial charge in [0, 0.05) is 17.3 Å². The van der Waals surface area contributed by atoms with Crippen LogP contribution in [-0.4, -0.2) is 68.0 Å². The van der Waals surface area contributed by atoms with Crippen LogP contribution in [0.3, 0.4) is 0 Å². The smallest absolute Gasteiger partial charge is 0.338 e. The van der Waals surface area contributed by atoms with Crippen LogP contribution < -0.4 is 0 Å². The minimum atomic E-state index is -2.04. The van der Waals surface area contributed by atoms with E-state index < -0.39 is 70.2 Å². The summed E-state index contributed by atoms with van der Waals surface area (Å²) in [5.41, 5.74) is -4.23. The highest BCUT2D eigenvalue weighted by Gasteiger charge is 2.70. The number of benzene rings is 1. The SMILES string of the molecule is CC1=C2[C@@H](O)C(=O)[C@]3(C)C(C)C[C@H](O)C(=O)C3[C@H](OC(=O)c3ccccc3)[C@](O)(C[C@@H]1O)C2(C)C. The van der Waals surface area contributed by atoms with Crippen LogP contribution in [0.5, 0.6) is 0 Å². The molecular weight excluding hydrogens is 452 g/mol. The van der Waals surface area contributed by atoms with Crippen LogP contribution in [0.15, 0.2) is 41.5 Å². The second-order valence-corrected chi connectivity index (χ2v) is 11.1.